The summed E-state index contributed by atoms with van der Waals surface area (Å²) in [5.41, 5.74) is -0.171. The van der Waals surface area contributed by atoms with Crippen molar-refractivity contribution in [3.05, 3.63) is 23.8 Å². The summed E-state index contributed by atoms with van der Waals surface area (Å²) in [6, 6.07) is 0. The summed E-state index contributed by atoms with van der Waals surface area (Å²) in [6.45, 7) is 7.60. The van der Waals surface area contributed by atoms with Crippen LogP contribution < -0.4 is 0 Å². The number of hydrogen-bond acceptors (Lipinski definition) is 5. The molecule has 0 aliphatic carbocycles. The zero-order chi connectivity index (χ0) is 23.1. The van der Waals surface area contributed by atoms with Gasteiger partial charge in [-0.3, -0.25) is 0 Å². The summed E-state index contributed by atoms with van der Waals surface area (Å²) in [5, 5.41) is 0. The highest BCUT2D eigenvalue weighted by Crippen LogP contribution is 2.15. The largest absolute Gasteiger partial charge is 0.511 e. The summed E-state index contributed by atoms with van der Waals surface area (Å²) < 4.78 is 30.4. The van der Waals surface area contributed by atoms with Crippen molar-refractivity contribution in [3.8, 4) is 0 Å². The second-order valence-corrected chi connectivity index (χ2v) is 8.30. The molecule has 0 aliphatic rings. The van der Waals surface area contributed by atoms with Gasteiger partial charge in [-0.1, -0.05) is 71.1 Å². The van der Waals surface area contributed by atoms with Gasteiger partial charge >= 0.3 is 12.1 Å². The predicted molar refractivity (Wildman–Crippen MR) is 118 cm³/mol. The van der Waals surface area contributed by atoms with Crippen molar-refractivity contribution >= 4 is 12.1 Å². The van der Waals surface area contributed by atoms with Crippen molar-refractivity contribution in [2.75, 3.05) is 0 Å². The van der Waals surface area contributed by atoms with Gasteiger partial charge in [0.25, 0.3) is 0 Å². The van der Waals surface area contributed by atoms with Gasteiger partial charge in [-0.2, -0.15) is 0 Å². The molecule has 0 aromatic carbocycles. The maximum atomic E-state index is 14.1. The maximum absolute atomic E-state index is 14.1. The minimum absolute atomic E-state index is 0.171. The Morgan fingerprint density at radius 2 is 1.39 bits per heavy atom. The topological polar surface area (TPSA) is 66.8 Å². The third-order valence-electron chi connectivity index (χ3n) is 4.94. The first-order chi connectivity index (χ1) is 14.8. The van der Waals surface area contributed by atoms with Crippen molar-refractivity contribution in [2.24, 2.45) is 0 Å². The number of nitrogens with zero attached hydrogens (tertiary/aromatic N) is 1. The Bertz CT molecular complexity index is 644. The average Bonchev–Trinajstić information content (AvgIpc) is 3.05. The van der Waals surface area contributed by atoms with Gasteiger partial charge < -0.3 is 18.8 Å². The Morgan fingerprint density at radius 3 is 1.94 bits per heavy atom. The van der Waals surface area contributed by atoms with Crippen LogP contribution in [0.3, 0.4) is 0 Å². The van der Waals surface area contributed by atoms with Crippen molar-refractivity contribution in [1.29, 1.82) is 0 Å². The molecule has 1 atom stereocenters. The van der Waals surface area contributed by atoms with E-state index in [0.717, 1.165) is 12.8 Å². The van der Waals surface area contributed by atoms with Gasteiger partial charge in [0, 0.05) is 25.9 Å². The van der Waals surface area contributed by atoms with Crippen LogP contribution in [0, 0.1) is 5.82 Å². The van der Waals surface area contributed by atoms with Gasteiger partial charge in [-0.25, -0.2) is 14.0 Å². The summed E-state index contributed by atoms with van der Waals surface area (Å²) in [6.07, 6.45) is 14.0. The summed E-state index contributed by atoms with van der Waals surface area (Å²) >= 11 is 0. The molecule has 0 amide bonds. The van der Waals surface area contributed by atoms with Crippen LogP contribution in [0.1, 0.15) is 109 Å². The predicted octanol–water partition coefficient (Wildman–Crippen LogP) is 7.00. The highest BCUT2D eigenvalue weighted by atomic mass is 19.1. The molecule has 0 spiro atoms. The third-order valence-corrected chi connectivity index (χ3v) is 4.94. The second kappa shape index (κ2) is 15.7. The smallest absolute Gasteiger partial charge is 0.431 e. The van der Waals surface area contributed by atoms with Crippen LogP contribution in [0.5, 0.6) is 0 Å². The van der Waals surface area contributed by atoms with Crippen molar-refractivity contribution in [3.63, 3.8) is 0 Å². The van der Waals surface area contributed by atoms with Crippen LogP contribution in [-0.2, 0) is 20.8 Å². The highest BCUT2D eigenvalue weighted by Gasteiger charge is 2.21. The SMILES string of the molecule is CCCCCCCCCCCCCn1cc(F)c(C(=O)OC(C)OC(=O)OC(C)C)c1. The first kappa shape index (κ1) is 27.0. The standard InChI is InChI=1S/C24H40FNO5/c1-5-6-7-8-9-10-11-12-13-14-15-16-26-17-21(22(25)18-26)23(27)30-20(4)31-24(28)29-19(2)3/h17-20H,5-16H2,1-4H3. The number of carbonyl (C=O) groups is 2. The van der Waals surface area contributed by atoms with E-state index in [1.165, 1.54) is 77.1 Å². The zero-order valence-corrected chi connectivity index (χ0v) is 19.7. The summed E-state index contributed by atoms with van der Waals surface area (Å²) in [4.78, 5) is 23.6. The van der Waals surface area contributed by atoms with E-state index in [4.69, 9.17) is 14.2 Å². The second-order valence-electron chi connectivity index (χ2n) is 8.30. The van der Waals surface area contributed by atoms with Gasteiger partial charge in [0.1, 0.15) is 5.56 Å². The molecule has 0 fully saturated rings. The number of halogens is 1. The fourth-order valence-electron chi connectivity index (χ4n) is 3.31. The maximum Gasteiger partial charge on any atom is 0.511 e. The number of aryl methyl sites for hydroxylation is 1. The molecular formula is C24H40FNO5. The number of ether oxygens (including phenoxy) is 3. The van der Waals surface area contributed by atoms with Crippen molar-refractivity contribution in [2.45, 2.75) is 117 Å². The number of esters is 1. The molecule has 1 aromatic rings. The highest BCUT2D eigenvalue weighted by molar-refractivity contribution is 5.89. The Balaban J connectivity index is 2.23. The number of hydrogen-bond donors (Lipinski definition) is 0. The Morgan fingerprint density at radius 1 is 0.839 bits per heavy atom. The molecule has 0 saturated heterocycles. The van der Waals surface area contributed by atoms with E-state index in [2.05, 4.69) is 6.92 Å². The van der Waals surface area contributed by atoms with E-state index in [1.807, 2.05) is 0 Å². The number of aromatic nitrogens is 1. The molecule has 178 valence electrons. The molecular weight excluding hydrogens is 401 g/mol. The molecule has 7 heteroatoms. The van der Waals surface area contributed by atoms with Gasteiger partial charge in [0.2, 0.25) is 6.29 Å². The molecule has 1 aromatic heterocycles. The molecule has 0 radical (unpaired) electrons. The van der Waals surface area contributed by atoms with Gasteiger partial charge in [-0.15, -0.1) is 0 Å². The quantitative estimate of drug-likeness (QED) is 0.157. The third kappa shape index (κ3) is 12.4. The van der Waals surface area contributed by atoms with E-state index < -0.39 is 24.2 Å². The van der Waals surface area contributed by atoms with Gasteiger partial charge in [0.15, 0.2) is 5.82 Å². The van der Waals surface area contributed by atoms with E-state index in [9.17, 15) is 14.0 Å². The van der Waals surface area contributed by atoms with E-state index in [-0.39, 0.29) is 11.7 Å². The lowest BCUT2D eigenvalue weighted by Crippen LogP contribution is -2.24. The van der Waals surface area contributed by atoms with E-state index >= 15 is 0 Å². The molecule has 31 heavy (non-hydrogen) atoms. The lowest BCUT2D eigenvalue weighted by molar-refractivity contribution is -0.0867. The number of carbonyl (C=O) groups excluding carboxylic acids is 2. The van der Waals surface area contributed by atoms with Crippen LogP contribution in [0.4, 0.5) is 9.18 Å². The van der Waals surface area contributed by atoms with Crippen LogP contribution in [0.25, 0.3) is 0 Å². The Labute approximate surface area is 186 Å². The fraction of sp³-hybridized carbons (Fsp3) is 0.750. The number of unbranched alkanes of at least 4 members (excludes halogenated alkanes) is 10. The molecule has 0 bridgehead atoms. The summed E-state index contributed by atoms with van der Waals surface area (Å²) in [5.74, 6) is -1.52. The first-order valence-corrected chi connectivity index (χ1v) is 11.8. The Kier molecular flexibility index (Phi) is 13.7. The van der Waals surface area contributed by atoms with Crippen LogP contribution in [0.15, 0.2) is 12.4 Å². The van der Waals surface area contributed by atoms with Gasteiger partial charge in [-0.05, 0) is 20.3 Å². The molecule has 0 N–H and O–H groups in total. The van der Waals surface area contributed by atoms with Crippen LogP contribution in [-0.4, -0.2) is 29.1 Å². The molecule has 1 rings (SSSR count). The normalized spacial score (nSPS) is 12.1. The van der Waals surface area contributed by atoms with E-state index in [0.29, 0.717) is 6.54 Å². The lowest BCUT2D eigenvalue weighted by atomic mass is 10.1. The van der Waals surface area contributed by atoms with E-state index in [1.54, 1.807) is 18.4 Å². The molecule has 0 aliphatic heterocycles. The van der Waals surface area contributed by atoms with Crippen LogP contribution in [0.2, 0.25) is 0 Å². The first-order valence-electron chi connectivity index (χ1n) is 11.8. The average molecular weight is 442 g/mol. The molecule has 6 nitrogen and oxygen atoms in total. The van der Waals surface area contributed by atoms with Crippen molar-refractivity contribution in [1.82, 2.24) is 4.57 Å². The minimum atomic E-state index is -1.17. The zero-order valence-electron chi connectivity index (χ0n) is 19.7. The molecule has 0 saturated carbocycles. The minimum Gasteiger partial charge on any atom is -0.431 e. The Hall–Kier alpha value is -2.05. The summed E-state index contributed by atoms with van der Waals surface area (Å²) in [7, 11) is 0. The molecule has 1 heterocycles. The lowest BCUT2D eigenvalue weighted by Gasteiger charge is -2.14. The monoisotopic (exact) mass is 441 g/mol. The number of rotatable bonds is 16. The van der Waals surface area contributed by atoms with Crippen molar-refractivity contribution < 1.29 is 28.2 Å². The van der Waals surface area contributed by atoms with Crippen LogP contribution >= 0.6 is 0 Å². The fourth-order valence-corrected chi connectivity index (χ4v) is 3.31. The molecule has 1 unspecified atom stereocenters. The van der Waals surface area contributed by atoms with Gasteiger partial charge in [0.05, 0.1) is 6.10 Å².